The minimum absolute atomic E-state index is 0.107. The van der Waals surface area contributed by atoms with Gasteiger partial charge in [0, 0.05) is 18.8 Å². The number of allylic oxidation sites excluding steroid dienone is 3. The first-order chi connectivity index (χ1) is 9.05. The summed E-state index contributed by atoms with van der Waals surface area (Å²) in [6.45, 7) is 7.76. The van der Waals surface area contributed by atoms with E-state index in [-0.39, 0.29) is 11.6 Å². The van der Waals surface area contributed by atoms with Gasteiger partial charge in [0.05, 0.1) is 0 Å². The lowest BCUT2D eigenvalue weighted by Crippen LogP contribution is -2.33. The second kappa shape index (κ2) is 4.50. The van der Waals surface area contributed by atoms with Crippen molar-refractivity contribution in [3.05, 3.63) is 24.3 Å². The largest absolute Gasteiger partial charge is 0.459 e. The summed E-state index contributed by atoms with van der Waals surface area (Å²) in [6.07, 6.45) is 10.3. The van der Waals surface area contributed by atoms with Gasteiger partial charge < -0.3 is 4.74 Å². The SMILES string of the molecule is C=C[C@@H]1C[C@H]2/C=C(/C)CCC3CC3(OC(C)=O)[C@H]2C1. The van der Waals surface area contributed by atoms with E-state index in [2.05, 4.69) is 25.7 Å². The maximum absolute atomic E-state index is 11.5. The fourth-order valence-electron chi connectivity index (χ4n) is 4.50. The van der Waals surface area contributed by atoms with E-state index in [1.807, 2.05) is 0 Å². The lowest BCUT2D eigenvalue weighted by molar-refractivity contribution is -0.154. The molecule has 0 aromatic rings. The van der Waals surface area contributed by atoms with E-state index in [9.17, 15) is 4.79 Å². The smallest absolute Gasteiger partial charge is 0.303 e. The molecule has 0 aromatic carbocycles. The van der Waals surface area contributed by atoms with Gasteiger partial charge in [-0.3, -0.25) is 4.79 Å². The van der Waals surface area contributed by atoms with Crippen molar-refractivity contribution in [1.29, 1.82) is 0 Å². The van der Waals surface area contributed by atoms with Gasteiger partial charge in [-0.25, -0.2) is 0 Å². The molecule has 0 bridgehead atoms. The molecule has 104 valence electrons. The Morgan fingerprint density at radius 1 is 1.53 bits per heavy atom. The van der Waals surface area contributed by atoms with E-state index >= 15 is 0 Å². The number of esters is 1. The first-order valence-corrected chi connectivity index (χ1v) is 7.54. The first-order valence-electron chi connectivity index (χ1n) is 7.54. The summed E-state index contributed by atoms with van der Waals surface area (Å²) in [5.41, 5.74) is 1.38. The molecule has 19 heavy (non-hydrogen) atoms. The molecule has 2 fully saturated rings. The van der Waals surface area contributed by atoms with E-state index in [1.165, 1.54) is 18.4 Å². The minimum Gasteiger partial charge on any atom is -0.459 e. The molecule has 0 amide bonds. The van der Waals surface area contributed by atoms with Crippen LogP contribution in [0.2, 0.25) is 0 Å². The second-order valence-electron chi connectivity index (χ2n) is 6.74. The molecule has 5 atom stereocenters. The van der Waals surface area contributed by atoms with Gasteiger partial charge in [-0.1, -0.05) is 17.7 Å². The van der Waals surface area contributed by atoms with Crippen LogP contribution >= 0.6 is 0 Å². The van der Waals surface area contributed by atoms with Crippen molar-refractivity contribution in [1.82, 2.24) is 0 Å². The Bertz CT molecular complexity index is 437. The molecule has 2 nitrogen and oxygen atoms in total. The summed E-state index contributed by atoms with van der Waals surface area (Å²) in [5, 5.41) is 0. The molecular formula is C17H24O2. The van der Waals surface area contributed by atoms with Crippen molar-refractivity contribution in [2.45, 2.75) is 51.6 Å². The Morgan fingerprint density at radius 3 is 3.00 bits per heavy atom. The molecule has 0 heterocycles. The monoisotopic (exact) mass is 260 g/mol. The summed E-state index contributed by atoms with van der Waals surface area (Å²) in [5.74, 6) is 2.17. The summed E-state index contributed by atoms with van der Waals surface area (Å²) in [7, 11) is 0. The van der Waals surface area contributed by atoms with Crippen molar-refractivity contribution in [2.75, 3.05) is 0 Å². The van der Waals surface area contributed by atoms with Gasteiger partial charge in [0.2, 0.25) is 0 Å². The number of fused-ring (bicyclic) bond motifs is 3. The summed E-state index contributed by atoms with van der Waals surface area (Å²) in [4.78, 5) is 11.5. The highest BCUT2D eigenvalue weighted by Crippen LogP contribution is 2.62. The average Bonchev–Trinajstić information content (AvgIpc) is 2.84. The number of ether oxygens (including phenoxy) is 1. The van der Waals surface area contributed by atoms with Gasteiger partial charge in [-0.2, -0.15) is 0 Å². The Kier molecular flexibility index (Phi) is 3.07. The van der Waals surface area contributed by atoms with Crippen LogP contribution in [0.25, 0.3) is 0 Å². The van der Waals surface area contributed by atoms with Gasteiger partial charge in [-0.05, 0) is 50.9 Å². The quantitative estimate of drug-likeness (QED) is 0.556. The van der Waals surface area contributed by atoms with E-state index in [1.54, 1.807) is 6.92 Å². The fraction of sp³-hybridized carbons (Fsp3) is 0.706. The zero-order chi connectivity index (χ0) is 13.6. The van der Waals surface area contributed by atoms with Crippen molar-refractivity contribution in [3.63, 3.8) is 0 Å². The van der Waals surface area contributed by atoms with Crippen molar-refractivity contribution < 1.29 is 9.53 Å². The Labute approximate surface area is 115 Å². The van der Waals surface area contributed by atoms with Gasteiger partial charge in [0.25, 0.3) is 0 Å². The van der Waals surface area contributed by atoms with E-state index in [4.69, 9.17) is 4.74 Å². The second-order valence-corrected chi connectivity index (χ2v) is 6.74. The molecule has 0 saturated heterocycles. The molecule has 2 unspecified atom stereocenters. The van der Waals surface area contributed by atoms with Crippen LogP contribution in [0.15, 0.2) is 24.3 Å². The molecule has 2 saturated carbocycles. The molecule has 0 radical (unpaired) electrons. The molecular weight excluding hydrogens is 236 g/mol. The molecule has 3 aliphatic carbocycles. The van der Waals surface area contributed by atoms with Crippen molar-refractivity contribution in [3.8, 4) is 0 Å². The highest BCUT2D eigenvalue weighted by molar-refractivity contribution is 5.67. The lowest BCUT2D eigenvalue weighted by Gasteiger charge is -2.30. The van der Waals surface area contributed by atoms with Crippen LogP contribution in [0.3, 0.4) is 0 Å². The van der Waals surface area contributed by atoms with Crippen LogP contribution in [0, 0.1) is 23.7 Å². The number of carbonyl (C=O) groups excluding carboxylic acids is 1. The maximum atomic E-state index is 11.5. The number of hydrogen-bond acceptors (Lipinski definition) is 2. The molecule has 3 rings (SSSR count). The average molecular weight is 260 g/mol. The number of hydrogen-bond donors (Lipinski definition) is 0. The standard InChI is InChI=1S/C17H24O2/c1-4-13-8-14-7-11(2)5-6-15-10-17(15,16(14)9-13)19-12(3)18/h4,7,13-16H,1,5-6,8-10H2,2-3H3/b11-7-/t13-,14-,15?,16+,17?/m1/s1. The molecule has 2 heteroatoms. The van der Waals surface area contributed by atoms with Crippen LogP contribution in [0.4, 0.5) is 0 Å². The van der Waals surface area contributed by atoms with E-state index in [0.29, 0.717) is 23.7 Å². The fourth-order valence-corrected chi connectivity index (χ4v) is 4.50. The van der Waals surface area contributed by atoms with Crippen LogP contribution in [-0.4, -0.2) is 11.6 Å². The Hall–Kier alpha value is -1.05. The van der Waals surface area contributed by atoms with Crippen LogP contribution < -0.4 is 0 Å². The topological polar surface area (TPSA) is 26.3 Å². The van der Waals surface area contributed by atoms with Crippen molar-refractivity contribution >= 4 is 5.97 Å². The highest BCUT2D eigenvalue weighted by atomic mass is 16.6. The van der Waals surface area contributed by atoms with Gasteiger partial charge >= 0.3 is 5.97 Å². The normalized spacial score (nSPS) is 46.9. The van der Waals surface area contributed by atoms with Crippen LogP contribution in [0.5, 0.6) is 0 Å². The number of carbonyl (C=O) groups is 1. The Morgan fingerprint density at radius 2 is 2.32 bits per heavy atom. The summed E-state index contributed by atoms with van der Waals surface area (Å²) < 4.78 is 5.83. The molecule has 0 aromatic heterocycles. The molecule has 3 aliphatic rings. The molecule has 0 spiro atoms. The van der Waals surface area contributed by atoms with Crippen molar-refractivity contribution in [2.24, 2.45) is 23.7 Å². The Balaban J connectivity index is 1.91. The van der Waals surface area contributed by atoms with E-state index in [0.717, 1.165) is 19.3 Å². The van der Waals surface area contributed by atoms with E-state index < -0.39 is 0 Å². The molecule has 0 N–H and O–H groups in total. The third kappa shape index (κ3) is 2.15. The zero-order valence-corrected chi connectivity index (χ0v) is 12.0. The zero-order valence-electron chi connectivity index (χ0n) is 12.0. The maximum Gasteiger partial charge on any atom is 0.303 e. The van der Waals surface area contributed by atoms with Gasteiger partial charge in [0.15, 0.2) is 0 Å². The number of rotatable bonds is 2. The summed E-state index contributed by atoms with van der Waals surface area (Å²) in [6, 6.07) is 0. The van der Waals surface area contributed by atoms with Crippen LogP contribution in [-0.2, 0) is 9.53 Å². The predicted molar refractivity (Wildman–Crippen MR) is 75.5 cm³/mol. The first kappa shape index (κ1) is 13.0. The third-order valence-electron chi connectivity index (χ3n) is 5.43. The van der Waals surface area contributed by atoms with Gasteiger partial charge in [0.1, 0.15) is 5.60 Å². The van der Waals surface area contributed by atoms with Gasteiger partial charge in [-0.15, -0.1) is 6.58 Å². The molecule has 0 aliphatic heterocycles. The lowest BCUT2D eigenvalue weighted by atomic mass is 9.83. The predicted octanol–water partition coefficient (Wildman–Crippen LogP) is 3.88. The minimum atomic E-state index is -0.133. The third-order valence-corrected chi connectivity index (χ3v) is 5.43. The highest BCUT2D eigenvalue weighted by Gasteiger charge is 2.64. The summed E-state index contributed by atoms with van der Waals surface area (Å²) >= 11 is 0. The van der Waals surface area contributed by atoms with Crippen LogP contribution in [0.1, 0.15) is 46.0 Å².